The minimum Gasteiger partial charge on any atom is -0.487 e. The molecule has 0 aromatic heterocycles. The molecule has 1 aliphatic rings. The third-order valence-electron chi connectivity index (χ3n) is 1.53. The van der Waals surface area contributed by atoms with Crippen LogP contribution >= 0.6 is 0 Å². The topological polar surface area (TPSA) is 80.2 Å². The van der Waals surface area contributed by atoms with Crippen molar-refractivity contribution in [3.05, 3.63) is 17.7 Å². The molecular formula is C8H14N4O2. The van der Waals surface area contributed by atoms with Crippen molar-refractivity contribution >= 4 is 11.9 Å². The molecule has 0 saturated carbocycles. The fourth-order valence-electron chi connectivity index (χ4n) is 1.05. The number of guanidine groups is 1. The summed E-state index contributed by atoms with van der Waals surface area (Å²) in [6.45, 7) is 3.54. The maximum absolute atomic E-state index is 10.8. The largest absolute Gasteiger partial charge is 0.487 e. The molecule has 14 heavy (non-hydrogen) atoms. The van der Waals surface area contributed by atoms with Crippen LogP contribution in [0.5, 0.6) is 0 Å². The smallest absolute Gasteiger partial charge is 0.300 e. The molecule has 0 saturated heterocycles. The van der Waals surface area contributed by atoms with Crippen molar-refractivity contribution < 1.29 is 14.9 Å². The molecule has 0 radical (unpaired) electrons. The Kier molecular flexibility index (Phi) is 3.61. The second-order valence-electron chi connectivity index (χ2n) is 2.96. The molecule has 78 valence electrons. The second kappa shape index (κ2) is 4.73. The van der Waals surface area contributed by atoms with Crippen LogP contribution in [0.15, 0.2) is 17.3 Å². The Balaban J connectivity index is 2.66. The molecule has 1 amide bonds. The summed E-state index contributed by atoms with van der Waals surface area (Å²) in [4.78, 5) is 14.7. The van der Waals surface area contributed by atoms with Crippen LogP contribution in [0.4, 0.5) is 0 Å². The van der Waals surface area contributed by atoms with E-state index in [4.69, 9.17) is 5.11 Å². The number of hydrogen-bond acceptors (Lipinski definition) is 3. The zero-order valence-corrected chi connectivity index (χ0v) is 8.19. The predicted octanol–water partition coefficient (Wildman–Crippen LogP) is -1.48. The average molecular weight is 198 g/mol. The number of nitrogens with one attached hydrogen (secondary N) is 2. The van der Waals surface area contributed by atoms with E-state index in [2.05, 4.69) is 15.7 Å². The summed E-state index contributed by atoms with van der Waals surface area (Å²) < 4.78 is 0. The van der Waals surface area contributed by atoms with Gasteiger partial charge in [-0.15, -0.1) is 6.20 Å². The number of aliphatic hydroxyl groups is 1. The maximum atomic E-state index is 10.8. The van der Waals surface area contributed by atoms with Crippen molar-refractivity contribution in [2.45, 2.75) is 20.1 Å². The molecule has 6 heteroatoms. The van der Waals surface area contributed by atoms with Gasteiger partial charge >= 0.3 is 0 Å². The van der Waals surface area contributed by atoms with Gasteiger partial charge in [0.15, 0.2) is 0 Å². The Morgan fingerprint density at radius 3 is 2.93 bits per heavy atom. The highest BCUT2D eigenvalue weighted by Gasteiger charge is 2.13. The lowest BCUT2D eigenvalue weighted by Crippen LogP contribution is -3.11. The fraction of sp³-hybridized carbons (Fsp3) is 0.500. The number of carbonyl (C=O) groups is 1. The van der Waals surface area contributed by atoms with Crippen molar-refractivity contribution in [3.8, 4) is 0 Å². The molecule has 1 aliphatic heterocycles. The van der Waals surface area contributed by atoms with Gasteiger partial charge in [0, 0.05) is 6.92 Å². The lowest BCUT2D eigenvalue weighted by atomic mass is 10.6. The molecule has 0 aromatic rings. The summed E-state index contributed by atoms with van der Waals surface area (Å²) in [5, 5.41) is 12.3. The van der Waals surface area contributed by atoms with Gasteiger partial charge in [0.2, 0.25) is 5.91 Å². The van der Waals surface area contributed by atoms with Crippen LogP contribution in [0.1, 0.15) is 13.8 Å². The third kappa shape index (κ3) is 3.15. The molecule has 2 unspecified atom stereocenters. The normalized spacial score (nSPS) is 23.1. The van der Waals surface area contributed by atoms with E-state index in [1.54, 1.807) is 6.20 Å². The summed E-state index contributed by atoms with van der Waals surface area (Å²) in [6.07, 6.45) is 2.66. The minimum absolute atomic E-state index is 0.223. The molecule has 0 fully saturated rings. The van der Waals surface area contributed by atoms with Crippen LogP contribution in [0, 0.1) is 0 Å². The highest BCUT2D eigenvalue weighted by molar-refractivity contribution is 5.91. The number of hydrogen-bond donors (Lipinski definition) is 3. The molecule has 6 nitrogen and oxygen atoms in total. The number of aliphatic imine (C=N–C) groups is 1. The summed E-state index contributed by atoms with van der Waals surface area (Å²) >= 11 is 0. The van der Waals surface area contributed by atoms with E-state index in [0.717, 1.165) is 0 Å². The summed E-state index contributed by atoms with van der Waals surface area (Å²) in [5.41, 5.74) is 4.02. The van der Waals surface area contributed by atoms with Crippen LogP contribution in [0.25, 0.3) is 5.43 Å². The van der Waals surface area contributed by atoms with E-state index in [1.807, 2.05) is 6.08 Å². The van der Waals surface area contributed by atoms with Crippen LogP contribution in [0.2, 0.25) is 0 Å². The van der Waals surface area contributed by atoms with E-state index < -0.39 is 6.23 Å². The first kappa shape index (κ1) is 10.7. The van der Waals surface area contributed by atoms with Crippen LogP contribution in [0.3, 0.4) is 0 Å². The van der Waals surface area contributed by atoms with Gasteiger partial charge in [0.25, 0.3) is 5.96 Å². The molecule has 1 rings (SSSR count). The quantitative estimate of drug-likeness (QED) is 0.355. The fourth-order valence-corrected chi connectivity index (χ4v) is 1.05. The van der Waals surface area contributed by atoms with Crippen LogP contribution in [-0.2, 0) is 4.79 Å². The first-order valence-corrected chi connectivity index (χ1v) is 4.35. The van der Waals surface area contributed by atoms with Gasteiger partial charge in [-0.2, -0.15) is 4.99 Å². The first-order chi connectivity index (χ1) is 6.59. The molecule has 2 atom stereocenters. The highest BCUT2D eigenvalue weighted by Crippen LogP contribution is 1.86. The Morgan fingerprint density at radius 1 is 1.79 bits per heavy atom. The first-order valence-electron chi connectivity index (χ1n) is 4.35. The zero-order chi connectivity index (χ0) is 10.6. The number of amides is 1. The van der Waals surface area contributed by atoms with Crippen molar-refractivity contribution in [2.24, 2.45) is 4.99 Å². The van der Waals surface area contributed by atoms with Gasteiger partial charge < -0.3 is 15.5 Å². The Bertz CT molecular complexity index is 265. The number of quaternary nitrogens is 1. The van der Waals surface area contributed by atoms with E-state index in [0.29, 0.717) is 17.5 Å². The Hall–Kier alpha value is -1.40. The number of aliphatic hydroxyl groups excluding tert-OH is 1. The van der Waals surface area contributed by atoms with Gasteiger partial charge in [-0.05, 0) is 13.0 Å². The monoisotopic (exact) mass is 198 g/mol. The second-order valence-corrected chi connectivity index (χ2v) is 2.96. The third-order valence-corrected chi connectivity index (χ3v) is 1.53. The standard InChI is InChI=1S/C8H14N4O2/c1-6(13)10-8(11-7(2)14)12-5-3-4-9-12/h3-4,6,12-13H,5H2,1-2H3,(H,10,11,14). The number of carbonyl (C=O) groups excluding carboxylic acids is 1. The van der Waals surface area contributed by atoms with Gasteiger partial charge in [-0.3, -0.25) is 10.1 Å². The van der Waals surface area contributed by atoms with Gasteiger partial charge in [0.1, 0.15) is 6.23 Å². The minimum atomic E-state index is -0.847. The lowest BCUT2D eigenvalue weighted by molar-refractivity contribution is -0.750. The molecule has 1 heterocycles. The van der Waals surface area contributed by atoms with Crippen molar-refractivity contribution in [3.63, 3.8) is 0 Å². The lowest BCUT2D eigenvalue weighted by Gasteiger charge is -2.23. The zero-order valence-electron chi connectivity index (χ0n) is 8.19. The van der Waals surface area contributed by atoms with Crippen LogP contribution in [-0.4, -0.2) is 29.7 Å². The molecule has 0 aromatic carbocycles. The number of nitrogens with zero attached hydrogens (tertiary/aromatic N) is 2. The van der Waals surface area contributed by atoms with Gasteiger partial charge in [-0.1, -0.05) is 0 Å². The van der Waals surface area contributed by atoms with Crippen LogP contribution < -0.4 is 10.3 Å². The van der Waals surface area contributed by atoms with Gasteiger partial charge in [0.05, 0.1) is 6.54 Å². The summed E-state index contributed by atoms with van der Waals surface area (Å²) in [6, 6.07) is 0. The molecular weight excluding hydrogens is 184 g/mol. The molecule has 0 aliphatic carbocycles. The van der Waals surface area contributed by atoms with Crippen molar-refractivity contribution in [1.82, 2.24) is 5.32 Å². The van der Waals surface area contributed by atoms with Crippen molar-refractivity contribution in [1.29, 1.82) is 0 Å². The SMILES string of the molecule is CC(=O)NC(=NC(C)O)[NH+]1CC=C[N-]1. The summed E-state index contributed by atoms with van der Waals surface area (Å²) in [7, 11) is 0. The summed E-state index contributed by atoms with van der Waals surface area (Å²) in [5.74, 6) is 0.122. The molecule has 3 N–H and O–H groups in total. The Labute approximate surface area is 82.3 Å². The Morgan fingerprint density at radius 2 is 2.50 bits per heavy atom. The predicted molar refractivity (Wildman–Crippen MR) is 51.3 cm³/mol. The van der Waals surface area contributed by atoms with Gasteiger partial charge in [-0.25, -0.2) is 0 Å². The highest BCUT2D eigenvalue weighted by atomic mass is 16.3. The van der Waals surface area contributed by atoms with E-state index in [1.165, 1.54) is 13.8 Å². The molecule has 0 spiro atoms. The molecule has 0 bridgehead atoms. The van der Waals surface area contributed by atoms with E-state index in [-0.39, 0.29) is 5.91 Å². The average Bonchev–Trinajstić information content (AvgIpc) is 2.52. The maximum Gasteiger partial charge on any atom is 0.300 e. The van der Waals surface area contributed by atoms with E-state index in [9.17, 15) is 4.79 Å². The van der Waals surface area contributed by atoms with E-state index >= 15 is 0 Å². The van der Waals surface area contributed by atoms with Crippen molar-refractivity contribution in [2.75, 3.05) is 6.54 Å². The number of rotatable bonds is 1.